The van der Waals surface area contributed by atoms with Crippen LogP contribution < -0.4 is 9.47 Å². The zero-order valence-corrected chi connectivity index (χ0v) is 23.7. The highest BCUT2D eigenvalue weighted by molar-refractivity contribution is 5.39. The van der Waals surface area contributed by atoms with Crippen LogP contribution >= 0.6 is 0 Å². The number of ether oxygens (including phenoxy) is 2. The molecule has 1 aliphatic heterocycles. The Morgan fingerprint density at radius 3 is 2.05 bits per heavy atom. The lowest BCUT2D eigenvalue weighted by Gasteiger charge is -2.38. The number of benzene rings is 3. The van der Waals surface area contributed by atoms with Gasteiger partial charge in [0.25, 0.3) is 5.88 Å². The highest BCUT2D eigenvalue weighted by Crippen LogP contribution is 2.34. The van der Waals surface area contributed by atoms with Gasteiger partial charge in [-0.15, -0.1) is 0 Å². The minimum absolute atomic E-state index is 0.121. The van der Waals surface area contributed by atoms with E-state index in [1.807, 2.05) is 74.5 Å². The summed E-state index contributed by atoms with van der Waals surface area (Å²) in [4.78, 5) is 11.5. The van der Waals surface area contributed by atoms with Crippen LogP contribution in [0.2, 0.25) is 0 Å². The van der Waals surface area contributed by atoms with Crippen LogP contribution in [0, 0.1) is 24.2 Å². The Morgan fingerprint density at radius 1 is 0.850 bits per heavy atom. The summed E-state index contributed by atoms with van der Waals surface area (Å²) in [7, 11) is 0. The van der Waals surface area contributed by atoms with Crippen LogP contribution in [0.15, 0.2) is 91.3 Å². The smallest absolute Gasteiger partial charge is 0.260 e. The zero-order chi connectivity index (χ0) is 28.2. The maximum atomic E-state index is 9.25. The third-order valence-corrected chi connectivity index (χ3v) is 6.90. The number of likely N-dealkylation sites (tertiary alicyclic amines) is 1. The van der Waals surface area contributed by atoms with Gasteiger partial charge >= 0.3 is 0 Å². The van der Waals surface area contributed by atoms with Gasteiger partial charge in [-0.2, -0.15) is 10.2 Å². The van der Waals surface area contributed by atoms with Crippen molar-refractivity contribution < 1.29 is 9.47 Å². The van der Waals surface area contributed by atoms with Gasteiger partial charge in [0.15, 0.2) is 0 Å². The predicted molar refractivity (Wildman–Crippen MR) is 158 cm³/mol. The summed E-state index contributed by atoms with van der Waals surface area (Å²) in [5.41, 5.74) is 5.42. The molecule has 1 saturated heterocycles. The average Bonchev–Trinajstić information content (AvgIpc) is 2.99. The van der Waals surface area contributed by atoms with Crippen molar-refractivity contribution >= 4 is 0 Å². The summed E-state index contributed by atoms with van der Waals surface area (Å²) in [5, 5.41) is 9.25. The molecule has 0 spiro atoms. The topological polar surface area (TPSA) is 71.3 Å². The maximum Gasteiger partial charge on any atom is 0.260 e. The minimum Gasteiger partial charge on any atom is -0.482 e. The Kier molecular flexibility index (Phi) is 10.7. The van der Waals surface area contributed by atoms with Crippen LogP contribution in [0.25, 0.3) is 0 Å². The zero-order valence-electron chi connectivity index (χ0n) is 23.7. The Bertz CT molecular complexity index is 1350. The standard InChI is InChI=1S/C32H32N4O2.C2H6/c1-24-12-14-28(15-13-24)29(20-36-18-27(17-33)19-36)16-30-31(37-21-25-8-4-2-5-9-25)32(35-23-34-30)38-22-26-10-6-3-7-11-26;1-2/h2-15,23,27,29H,16,18-22H2,1H3;1-2H3. The summed E-state index contributed by atoms with van der Waals surface area (Å²) in [5.74, 6) is 1.34. The predicted octanol–water partition coefficient (Wildman–Crippen LogP) is 6.75. The number of nitriles is 1. The van der Waals surface area contributed by atoms with Crippen molar-refractivity contribution in [3.05, 3.63) is 119 Å². The van der Waals surface area contributed by atoms with E-state index in [9.17, 15) is 5.26 Å². The molecular formula is C34H38N4O2. The van der Waals surface area contributed by atoms with E-state index in [2.05, 4.69) is 52.1 Å². The van der Waals surface area contributed by atoms with E-state index in [0.29, 0.717) is 31.3 Å². The van der Waals surface area contributed by atoms with Crippen LogP contribution in [-0.4, -0.2) is 34.5 Å². The van der Waals surface area contributed by atoms with Crippen molar-refractivity contribution in [3.8, 4) is 17.7 Å². The quantitative estimate of drug-likeness (QED) is 0.212. The summed E-state index contributed by atoms with van der Waals surface area (Å²) < 4.78 is 12.5. The van der Waals surface area contributed by atoms with Crippen LogP contribution in [0.3, 0.4) is 0 Å². The number of nitrogens with zero attached hydrogens (tertiary/aromatic N) is 4. The Labute approximate surface area is 238 Å². The van der Waals surface area contributed by atoms with Crippen molar-refractivity contribution in [1.82, 2.24) is 14.9 Å². The molecule has 0 bridgehead atoms. The number of rotatable bonds is 11. The first-order chi connectivity index (χ1) is 19.7. The van der Waals surface area contributed by atoms with E-state index < -0.39 is 0 Å². The van der Waals surface area contributed by atoms with Gasteiger partial charge in [0.2, 0.25) is 5.75 Å². The van der Waals surface area contributed by atoms with Gasteiger partial charge in [0.05, 0.1) is 17.7 Å². The maximum absolute atomic E-state index is 9.25. The minimum atomic E-state index is 0.121. The molecule has 1 aliphatic rings. The van der Waals surface area contributed by atoms with Gasteiger partial charge in [0, 0.05) is 32.0 Å². The van der Waals surface area contributed by atoms with Gasteiger partial charge in [-0.3, -0.25) is 0 Å². The molecule has 2 heterocycles. The first kappa shape index (κ1) is 28.8. The summed E-state index contributed by atoms with van der Waals surface area (Å²) in [6, 6.07) is 31.2. The summed E-state index contributed by atoms with van der Waals surface area (Å²) >= 11 is 0. The number of hydrogen-bond donors (Lipinski definition) is 0. The molecule has 206 valence electrons. The molecule has 1 unspecified atom stereocenters. The average molecular weight is 535 g/mol. The van der Waals surface area contributed by atoms with Gasteiger partial charge in [-0.25, -0.2) is 4.98 Å². The molecule has 6 nitrogen and oxygen atoms in total. The van der Waals surface area contributed by atoms with Gasteiger partial charge in [-0.1, -0.05) is 104 Å². The Balaban J connectivity index is 0.00000181. The molecule has 1 aromatic heterocycles. The van der Waals surface area contributed by atoms with Gasteiger partial charge < -0.3 is 14.4 Å². The molecule has 0 saturated carbocycles. The molecular weight excluding hydrogens is 496 g/mol. The first-order valence-electron chi connectivity index (χ1n) is 14.0. The van der Waals surface area contributed by atoms with Crippen molar-refractivity contribution in [2.75, 3.05) is 19.6 Å². The lowest BCUT2D eigenvalue weighted by molar-refractivity contribution is 0.125. The molecule has 0 radical (unpaired) electrons. The van der Waals surface area contributed by atoms with E-state index in [1.165, 1.54) is 11.1 Å². The molecule has 1 fully saturated rings. The molecule has 40 heavy (non-hydrogen) atoms. The number of hydrogen-bond acceptors (Lipinski definition) is 6. The molecule has 0 aliphatic carbocycles. The van der Waals surface area contributed by atoms with E-state index in [-0.39, 0.29) is 11.8 Å². The highest BCUT2D eigenvalue weighted by Gasteiger charge is 2.30. The van der Waals surface area contributed by atoms with Crippen molar-refractivity contribution in [3.63, 3.8) is 0 Å². The van der Waals surface area contributed by atoms with Gasteiger partial charge in [-0.05, 0) is 23.6 Å². The molecule has 5 rings (SSSR count). The monoisotopic (exact) mass is 534 g/mol. The van der Waals surface area contributed by atoms with E-state index in [0.717, 1.165) is 36.5 Å². The lowest BCUT2D eigenvalue weighted by atomic mass is 9.90. The molecule has 1 atom stereocenters. The number of aryl methyl sites for hydroxylation is 1. The molecule has 0 amide bonds. The fourth-order valence-electron chi connectivity index (χ4n) is 4.71. The van der Waals surface area contributed by atoms with E-state index in [4.69, 9.17) is 9.47 Å². The van der Waals surface area contributed by atoms with Crippen LogP contribution in [0.4, 0.5) is 0 Å². The fourth-order valence-corrected chi connectivity index (χ4v) is 4.71. The highest BCUT2D eigenvalue weighted by atomic mass is 16.5. The van der Waals surface area contributed by atoms with E-state index in [1.54, 1.807) is 6.33 Å². The number of aromatic nitrogens is 2. The summed E-state index contributed by atoms with van der Waals surface area (Å²) in [6.45, 7) is 9.36. The van der Waals surface area contributed by atoms with Gasteiger partial charge in [0.1, 0.15) is 19.5 Å². The van der Waals surface area contributed by atoms with Crippen LogP contribution in [-0.2, 0) is 19.6 Å². The second-order valence-corrected chi connectivity index (χ2v) is 9.86. The molecule has 4 aromatic rings. The molecule has 3 aromatic carbocycles. The van der Waals surface area contributed by atoms with Crippen LogP contribution in [0.1, 0.15) is 47.7 Å². The normalized spacial score (nSPS) is 13.8. The van der Waals surface area contributed by atoms with E-state index >= 15 is 0 Å². The fraction of sp³-hybridized carbons (Fsp3) is 0.324. The summed E-state index contributed by atoms with van der Waals surface area (Å²) in [6.07, 6.45) is 2.23. The van der Waals surface area contributed by atoms with Crippen LogP contribution in [0.5, 0.6) is 11.6 Å². The SMILES string of the molecule is CC.Cc1ccc(C(Cc2ncnc(OCc3ccccc3)c2OCc2ccccc2)CN2CC(C#N)C2)cc1. The Hall–Kier alpha value is -4.21. The molecule has 6 heteroatoms. The second-order valence-electron chi connectivity index (χ2n) is 9.86. The lowest BCUT2D eigenvalue weighted by Crippen LogP contribution is -2.47. The first-order valence-corrected chi connectivity index (χ1v) is 14.0. The van der Waals surface area contributed by atoms with Crippen molar-refractivity contribution in [2.24, 2.45) is 5.92 Å². The van der Waals surface area contributed by atoms with Crippen molar-refractivity contribution in [1.29, 1.82) is 5.26 Å². The largest absolute Gasteiger partial charge is 0.482 e. The third-order valence-electron chi connectivity index (χ3n) is 6.90. The molecule has 0 N–H and O–H groups in total. The van der Waals surface area contributed by atoms with Crippen molar-refractivity contribution in [2.45, 2.75) is 46.3 Å². The Morgan fingerprint density at radius 2 is 1.45 bits per heavy atom. The third kappa shape index (κ3) is 7.91. The second kappa shape index (κ2) is 14.8.